The Bertz CT molecular complexity index is 1420. The second kappa shape index (κ2) is 9.76. The summed E-state index contributed by atoms with van der Waals surface area (Å²) in [5.41, 5.74) is 2.35. The summed E-state index contributed by atoms with van der Waals surface area (Å²) in [4.78, 5) is 19.1. The van der Waals surface area contributed by atoms with Crippen LogP contribution in [-0.4, -0.2) is 41.0 Å². The fourth-order valence-electron chi connectivity index (χ4n) is 3.44. The van der Waals surface area contributed by atoms with Crippen molar-refractivity contribution in [2.75, 3.05) is 7.05 Å². The molecule has 1 heterocycles. The molecule has 0 bridgehead atoms. The Hall–Kier alpha value is -3.53. The van der Waals surface area contributed by atoms with E-state index in [-0.39, 0.29) is 16.6 Å². The van der Waals surface area contributed by atoms with Crippen molar-refractivity contribution in [3.8, 4) is 5.69 Å². The van der Waals surface area contributed by atoms with Gasteiger partial charge >= 0.3 is 0 Å². The zero-order valence-corrected chi connectivity index (χ0v) is 19.9. The standard InChI is InChI=1S/C24H22ClN5O3S/c1-29(16-18-9-5-6-10-21(18)25)24(31)23-27-22(15-17-7-3-2-4-8-17)30(28-23)19-11-13-20(14-12-19)34(26,32)33/h2-14H,15-16H2,1H3,(H2,26,32,33). The Morgan fingerprint density at radius 2 is 1.65 bits per heavy atom. The van der Waals surface area contributed by atoms with Crippen LogP contribution in [0, 0.1) is 0 Å². The fraction of sp³-hybridized carbons (Fsp3) is 0.125. The third-order valence-corrected chi connectivity index (χ3v) is 6.49. The van der Waals surface area contributed by atoms with Crippen LogP contribution in [0.1, 0.15) is 27.6 Å². The summed E-state index contributed by atoms with van der Waals surface area (Å²) < 4.78 is 24.8. The normalized spacial score (nSPS) is 11.4. The minimum Gasteiger partial charge on any atom is -0.335 e. The summed E-state index contributed by atoms with van der Waals surface area (Å²) in [6.07, 6.45) is 0.423. The van der Waals surface area contributed by atoms with Gasteiger partial charge in [0.15, 0.2) is 0 Å². The van der Waals surface area contributed by atoms with Gasteiger partial charge in [0.2, 0.25) is 15.8 Å². The molecule has 0 saturated heterocycles. The van der Waals surface area contributed by atoms with Gasteiger partial charge in [0, 0.05) is 25.0 Å². The topological polar surface area (TPSA) is 111 Å². The van der Waals surface area contributed by atoms with E-state index in [1.165, 1.54) is 21.7 Å². The van der Waals surface area contributed by atoms with Gasteiger partial charge in [0.25, 0.3) is 5.91 Å². The van der Waals surface area contributed by atoms with Gasteiger partial charge in [0.05, 0.1) is 10.6 Å². The van der Waals surface area contributed by atoms with Crippen molar-refractivity contribution < 1.29 is 13.2 Å². The van der Waals surface area contributed by atoms with Gasteiger partial charge in [-0.25, -0.2) is 23.2 Å². The first-order valence-electron chi connectivity index (χ1n) is 10.3. The summed E-state index contributed by atoms with van der Waals surface area (Å²) in [6.45, 7) is 0.296. The molecule has 3 aromatic carbocycles. The number of carbonyl (C=O) groups is 1. The fourth-order valence-corrected chi connectivity index (χ4v) is 4.15. The third-order valence-electron chi connectivity index (χ3n) is 5.19. The highest BCUT2D eigenvalue weighted by atomic mass is 35.5. The van der Waals surface area contributed by atoms with Crippen molar-refractivity contribution in [3.63, 3.8) is 0 Å². The van der Waals surface area contributed by atoms with Gasteiger partial charge in [-0.3, -0.25) is 4.79 Å². The molecule has 10 heteroatoms. The predicted octanol–water partition coefficient (Wildman–Crippen LogP) is 3.43. The largest absolute Gasteiger partial charge is 0.335 e. The zero-order valence-electron chi connectivity index (χ0n) is 18.3. The van der Waals surface area contributed by atoms with Crippen LogP contribution in [0.4, 0.5) is 0 Å². The Morgan fingerprint density at radius 3 is 2.29 bits per heavy atom. The maximum absolute atomic E-state index is 13.1. The number of halogens is 1. The van der Waals surface area contributed by atoms with Crippen LogP contribution in [-0.2, 0) is 23.0 Å². The van der Waals surface area contributed by atoms with Gasteiger partial charge in [0.1, 0.15) is 5.82 Å². The molecule has 0 aliphatic heterocycles. The van der Waals surface area contributed by atoms with Crippen molar-refractivity contribution >= 4 is 27.5 Å². The third kappa shape index (κ3) is 5.33. The smallest absolute Gasteiger partial charge is 0.293 e. The number of primary sulfonamides is 1. The van der Waals surface area contributed by atoms with E-state index in [9.17, 15) is 13.2 Å². The van der Waals surface area contributed by atoms with E-state index in [0.717, 1.165) is 11.1 Å². The summed E-state index contributed by atoms with van der Waals surface area (Å²) in [6, 6.07) is 22.9. The van der Waals surface area contributed by atoms with E-state index in [1.54, 1.807) is 25.2 Å². The average Bonchev–Trinajstić information content (AvgIpc) is 3.24. The highest BCUT2D eigenvalue weighted by molar-refractivity contribution is 7.89. The average molecular weight is 496 g/mol. The Kier molecular flexibility index (Phi) is 6.78. The molecule has 0 spiro atoms. The highest BCUT2D eigenvalue weighted by Crippen LogP contribution is 2.19. The minimum absolute atomic E-state index is 0.0169. The lowest BCUT2D eigenvalue weighted by molar-refractivity contribution is 0.0773. The van der Waals surface area contributed by atoms with Crippen molar-refractivity contribution in [3.05, 3.63) is 107 Å². The second-order valence-electron chi connectivity index (χ2n) is 7.72. The molecule has 2 N–H and O–H groups in total. The van der Waals surface area contributed by atoms with Crippen molar-refractivity contribution in [2.45, 2.75) is 17.9 Å². The SMILES string of the molecule is CN(Cc1ccccc1Cl)C(=O)c1nc(Cc2ccccc2)n(-c2ccc(S(N)(=O)=O)cc2)n1. The molecule has 0 saturated carbocycles. The quantitative estimate of drug-likeness (QED) is 0.422. The van der Waals surface area contributed by atoms with Crippen LogP contribution in [0.25, 0.3) is 5.69 Å². The molecular weight excluding hydrogens is 474 g/mol. The number of aromatic nitrogens is 3. The number of rotatable bonds is 7. The first-order chi connectivity index (χ1) is 16.2. The van der Waals surface area contributed by atoms with Crippen LogP contribution in [0.3, 0.4) is 0 Å². The van der Waals surface area contributed by atoms with Gasteiger partial charge in [-0.1, -0.05) is 60.1 Å². The lowest BCUT2D eigenvalue weighted by Gasteiger charge is -2.16. The Balaban J connectivity index is 1.68. The second-order valence-corrected chi connectivity index (χ2v) is 9.69. The highest BCUT2D eigenvalue weighted by Gasteiger charge is 2.22. The number of nitrogens with two attached hydrogens (primary N) is 1. The Labute approximate surface area is 202 Å². The lowest BCUT2D eigenvalue weighted by atomic mass is 10.1. The molecular formula is C24H22ClN5O3S. The van der Waals surface area contributed by atoms with Gasteiger partial charge in [-0.05, 0) is 41.5 Å². The molecule has 0 atom stereocenters. The molecule has 8 nitrogen and oxygen atoms in total. The number of amides is 1. The van der Waals surface area contributed by atoms with Crippen LogP contribution in [0.2, 0.25) is 5.02 Å². The monoisotopic (exact) mass is 495 g/mol. The maximum Gasteiger partial charge on any atom is 0.293 e. The van der Waals surface area contributed by atoms with Gasteiger partial charge < -0.3 is 4.90 Å². The first-order valence-corrected chi connectivity index (χ1v) is 12.3. The Morgan fingerprint density at radius 1 is 1.00 bits per heavy atom. The molecule has 174 valence electrons. The molecule has 1 aromatic heterocycles. The molecule has 0 aliphatic carbocycles. The van der Waals surface area contributed by atoms with Gasteiger partial charge in [-0.2, -0.15) is 0 Å². The van der Waals surface area contributed by atoms with Crippen molar-refractivity contribution in [1.29, 1.82) is 0 Å². The molecule has 34 heavy (non-hydrogen) atoms. The van der Waals surface area contributed by atoms with Crippen LogP contribution in [0.15, 0.2) is 83.8 Å². The lowest BCUT2D eigenvalue weighted by Crippen LogP contribution is -2.27. The number of nitrogens with zero attached hydrogens (tertiary/aromatic N) is 4. The van der Waals surface area contributed by atoms with E-state index >= 15 is 0 Å². The predicted molar refractivity (Wildman–Crippen MR) is 129 cm³/mol. The molecule has 0 radical (unpaired) electrons. The van der Waals surface area contributed by atoms with E-state index < -0.39 is 10.0 Å². The number of carbonyl (C=O) groups excluding carboxylic acids is 1. The van der Waals surface area contributed by atoms with Crippen molar-refractivity contribution in [2.24, 2.45) is 5.14 Å². The maximum atomic E-state index is 13.1. The number of hydrogen-bond donors (Lipinski definition) is 1. The summed E-state index contributed by atoms with van der Waals surface area (Å²) in [5.74, 6) is 0.189. The van der Waals surface area contributed by atoms with Gasteiger partial charge in [-0.15, -0.1) is 5.10 Å². The number of sulfonamides is 1. The molecule has 0 unspecified atom stereocenters. The summed E-state index contributed by atoms with van der Waals surface area (Å²) in [7, 11) is -2.17. The molecule has 4 rings (SSSR count). The minimum atomic E-state index is -3.83. The van der Waals surface area contributed by atoms with E-state index in [2.05, 4.69) is 10.1 Å². The van der Waals surface area contributed by atoms with Crippen LogP contribution >= 0.6 is 11.6 Å². The van der Waals surface area contributed by atoms with E-state index in [4.69, 9.17) is 16.7 Å². The zero-order chi connectivity index (χ0) is 24.3. The summed E-state index contributed by atoms with van der Waals surface area (Å²) >= 11 is 6.24. The van der Waals surface area contributed by atoms with Crippen molar-refractivity contribution in [1.82, 2.24) is 19.7 Å². The van der Waals surface area contributed by atoms with Crippen LogP contribution < -0.4 is 5.14 Å². The number of benzene rings is 3. The van der Waals surface area contributed by atoms with E-state index in [0.29, 0.717) is 29.5 Å². The first kappa shape index (κ1) is 23.6. The summed E-state index contributed by atoms with van der Waals surface area (Å²) in [5, 5.41) is 10.2. The molecule has 0 aliphatic rings. The molecule has 0 fully saturated rings. The molecule has 1 amide bonds. The molecule has 4 aromatic rings. The van der Waals surface area contributed by atoms with Crippen LogP contribution in [0.5, 0.6) is 0 Å². The number of hydrogen-bond acceptors (Lipinski definition) is 5. The van der Waals surface area contributed by atoms with E-state index in [1.807, 2.05) is 48.5 Å².